The second kappa shape index (κ2) is 5.30. The third-order valence-electron chi connectivity index (χ3n) is 7.13. The van der Waals surface area contributed by atoms with E-state index in [4.69, 9.17) is 4.43 Å². The van der Waals surface area contributed by atoms with Crippen LogP contribution in [-0.2, 0) is 9.22 Å². The SMILES string of the molecule is C=C[C@@]1(C)C(=O)CC[C@]2(C)[C@@H](O[Si](C)(C)C(C)(C)C)CC[C@H]21. The predicted molar refractivity (Wildman–Crippen MR) is 95.4 cm³/mol. The van der Waals surface area contributed by atoms with Gasteiger partial charge in [-0.15, -0.1) is 6.58 Å². The minimum absolute atomic E-state index is 0.117. The van der Waals surface area contributed by atoms with Gasteiger partial charge in [-0.25, -0.2) is 0 Å². The van der Waals surface area contributed by atoms with Gasteiger partial charge in [0, 0.05) is 11.8 Å². The van der Waals surface area contributed by atoms with E-state index in [2.05, 4.69) is 54.3 Å². The van der Waals surface area contributed by atoms with Crippen molar-refractivity contribution in [2.24, 2.45) is 16.7 Å². The molecule has 2 rings (SSSR count). The molecule has 3 heteroatoms. The maximum absolute atomic E-state index is 12.5. The lowest BCUT2D eigenvalue weighted by molar-refractivity contribution is -0.137. The van der Waals surface area contributed by atoms with Crippen LogP contribution in [0.25, 0.3) is 0 Å². The van der Waals surface area contributed by atoms with Crippen molar-refractivity contribution < 1.29 is 9.22 Å². The van der Waals surface area contributed by atoms with Crippen molar-refractivity contribution in [3.63, 3.8) is 0 Å². The molecule has 0 bridgehead atoms. The number of ketones is 1. The second-order valence-electron chi connectivity index (χ2n) is 9.41. The molecule has 2 nitrogen and oxygen atoms in total. The molecule has 0 unspecified atom stereocenters. The number of hydrogen-bond donors (Lipinski definition) is 0. The Labute approximate surface area is 137 Å². The fourth-order valence-corrected chi connectivity index (χ4v) is 5.80. The van der Waals surface area contributed by atoms with Gasteiger partial charge in [0.2, 0.25) is 0 Å². The number of fused-ring (bicyclic) bond motifs is 1. The Morgan fingerprint density at radius 3 is 2.36 bits per heavy atom. The number of hydrogen-bond acceptors (Lipinski definition) is 2. The number of rotatable bonds is 3. The van der Waals surface area contributed by atoms with E-state index in [1.54, 1.807) is 0 Å². The second-order valence-corrected chi connectivity index (χ2v) is 14.2. The van der Waals surface area contributed by atoms with E-state index in [0.29, 0.717) is 24.2 Å². The van der Waals surface area contributed by atoms with Gasteiger partial charge in [0.1, 0.15) is 5.78 Å². The zero-order chi connectivity index (χ0) is 17.0. The molecule has 0 amide bonds. The van der Waals surface area contributed by atoms with Gasteiger partial charge in [-0.05, 0) is 55.7 Å². The fourth-order valence-electron chi connectivity index (χ4n) is 4.35. The monoisotopic (exact) mass is 322 g/mol. The molecular formula is C19H34O2Si. The van der Waals surface area contributed by atoms with Crippen LogP contribution in [0.5, 0.6) is 0 Å². The van der Waals surface area contributed by atoms with Crippen LogP contribution in [-0.4, -0.2) is 20.2 Å². The Bertz CT molecular complexity index is 476. The standard InChI is InChI=1S/C19H34O2Si/c1-9-18(5)14-10-11-16(19(14,6)13-12-15(18)20)21-22(7,8)17(2,3)4/h9,14,16H,1,10-13H2,2-8H3/t14-,16-,18+,19-/m0/s1. The summed E-state index contributed by atoms with van der Waals surface area (Å²) in [5.41, 5.74) is -0.245. The zero-order valence-corrected chi connectivity index (χ0v) is 16.6. The van der Waals surface area contributed by atoms with Gasteiger partial charge in [-0.2, -0.15) is 0 Å². The molecule has 2 aliphatic carbocycles. The lowest BCUT2D eigenvalue weighted by Gasteiger charge is -2.50. The largest absolute Gasteiger partial charge is 0.413 e. The van der Waals surface area contributed by atoms with Crippen molar-refractivity contribution in [2.75, 3.05) is 0 Å². The van der Waals surface area contributed by atoms with Crippen molar-refractivity contribution in [3.05, 3.63) is 12.7 Å². The summed E-state index contributed by atoms with van der Waals surface area (Å²) in [5.74, 6) is 0.756. The van der Waals surface area contributed by atoms with Gasteiger partial charge in [0.15, 0.2) is 8.32 Å². The van der Waals surface area contributed by atoms with Crippen LogP contribution in [0.3, 0.4) is 0 Å². The lowest BCUT2D eigenvalue weighted by Crippen LogP contribution is -2.52. The predicted octanol–water partition coefficient (Wildman–Crippen LogP) is 5.35. The summed E-state index contributed by atoms with van der Waals surface area (Å²) in [6, 6.07) is 0. The van der Waals surface area contributed by atoms with E-state index in [0.717, 1.165) is 19.3 Å². The quantitative estimate of drug-likeness (QED) is 0.517. The molecule has 2 saturated carbocycles. The molecule has 4 atom stereocenters. The molecule has 0 aromatic carbocycles. The van der Waals surface area contributed by atoms with Crippen LogP contribution in [0, 0.1) is 16.7 Å². The lowest BCUT2D eigenvalue weighted by atomic mass is 9.56. The molecule has 0 N–H and O–H groups in total. The fraction of sp³-hybridized carbons (Fsp3) is 0.842. The first-order valence-electron chi connectivity index (χ1n) is 8.73. The average molecular weight is 323 g/mol. The van der Waals surface area contributed by atoms with E-state index < -0.39 is 8.32 Å². The van der Waals surface area contributed by atoms with Crippen molar-refractivity contribution in [2.45, 2.75) is 84.5 Å². The van der Waals surface area contributed by atoms with Crippen LogP contribution < -0.4 is 0 Å². The summed E-state index contributed by atoms with van der Waals surface area (Å²) >= 11 is 0. The molecule has 2 fully saturated rings. The Hall–Kier alpha value is -0.413. The molecule has 0 aliphatic heterocycles. The van der Waals surface area contributed by atoms with Crippen LogP contribution in [0.4, 0.5) is 0 Å². The van der Waals surface area contributed by atoms with Crippen molar-refractivity contribution in [3.8, 4) is 0 Å². The highest BCUT2D eigenvalue weighted by Crippen LogP contribution is 2.60. The molecule has 0 aromatic heterocycles. The minimum atomic E-state index is -1.78. The van der Waals surface area contributed by atoms with Crippen LogP contribution in [0.2, 0.25) is 18.1 Å². The zero-order valence-electron chi connectivity index (χ0n) is 15.6. The molecule has 0 spiro atoms. The maximum atomic E-state index is 12.5. The van der Waals surface area contributed by atoms with Gasteiger partial charge >= 0.3 is 0 Å². The van der Waals surface area contributed by atoms with Gasteiger partial charge in [0.05, 0.1) is 6.10 Å². The average Bonchev–Trinajstić information content (AvgIpc) is 2.71. The number of carbonyl (C=O) groups excluding carboxylic acids is 1. The highest BCUT2D eigenvalue weighted by atomic mass is 28.4. The Balaban J connectivity index is 2.29. The summed E-state index contributed by atoms with van der Waals surface area (Å²) in [6.45, 7) is 20.0. The number of carbonyl (C=O) groups is 1. The Morgan fingerprint density at radius 1 is 1.27 bits per heavy atom. The van der Waals surface area contributed by atoms with Crippen molar-refractivity contribution in [1.82, 2.24) is 0 Å². The summed E-state index contributed by atoms with van der Waals surface area (Å²) in [7, 11) is -1.78. The van der Waals surface area contributed by atoms with Gasteiger partial charge < -0.3 is 4.43 Å². The van der Waals surface area contributed by atoms with Gasteiger partial charge in [-0.3, -0.25) is 4.79 Å². The summed E-state index contributed by atoms with van der Waals surface area (Å²) in [5, 5.41) is 0.230. The van der Waals surface area contributed by atoms with Gasteiger partial charge in [0.25, 0.3) is 0 Å². The first kappa shape index (κ1) is 17.9. The summed E-state index contributed by atoms with van der Waals surface area (Å²) in [4.78, 5) is 12.5. The molecule has 0 aromatic rings. The first-order valence-corrected chi connectivity index (χ1v) is 11.6. The molecule has 0 radical (unpaired) electrons. The Kier molecular flexibility index (Phi) is 4.32. The van der Waals surface area contributed by atoms with E-state index >= 15 is 0 Å². The van der Waals surface area contributed by atoms with Crippen LogP contribution in [0.1, 0.15) is 60.3 Å². The maximum Gasteiger partial charge on any atom is 0.192 e. The van der Waals surface area contributed by atoms with E-state index in [1.807, 2.05) is 6.08 Å². The van der Waals surface area contributed by atoms with E-state index in [1.165, 1.54) is 0 Å². The highest BCUT2D eigenvalue weighted by Gasteiger charge is 2.59. The summed E-state index contributed by atoms with van der Waals surface area (Å²) < 4.78 is 6.80. The third kappa shape index (κ3) is 2.54. The molecule has 0 saturated heterocycles. The van der Waals surface area contributed by atoms with Crippen molar-refractivity contribution >= 4 is 14.1 Å². The molecule has 22 heavy (non-hydrogen) atoms. The van der Waals surface area contributed by atoms with E-state index in [9.17, 15) is 4.79 Å². The first-order chi connectivity index (χ1) is 9.88. The molecule has 0 heterocycles. The molecule has 2 aliphatic rings. The summed E-state index contributed by atoms with van der Waals surface area (Å²) in [6.07, 6.45) is 6.03. The van der Waals surface area contributed by atoms with Crippen molar-refractivity contribution in [1.29, 1.82) is 0 Å². The molecule has 126 valence electrons. The topological polar surface area (TPSA) is 26.3 Å². The smallest absolute Gasteiger partial charge is 0.192 e. The highest BCUT2D eigenvalue weighted by molar-refractivity contribution is 6.74. The number of Topliss-reactive ketones (excluding diaryl/α,β-unsaturated/α-hetero) is 1. The normalized spacial score (nSPS) is 39.7. The Morgan fingerprint density at radius 2 is 1.86 bits per heavy atom. The van der Waals surface area contributed by atoms with Gasteiger partial charge in [-0.1, -0.05) is 33.8 Å². The van der Waals surface area contributed by atoms with E-state index in [-0.39, 0.29) is 15.9 Å². The molecular weight excluding hydrogens is 288 g/mol. The van der Waals surface area contributed by atoms with Crippen LogP contribution >= 0.6 is 0 Å². The minimum Gasteiger partial charge on any atom is -0.413 e. The number of allylic oxidation sites excluding steroid dienone is 1. The third-order valence-corrected chi connectivity index (χ3v) is 11.6. The van der Waals surface area contributed by atoms with Crippen LogP contribution in [0.15, 0.2) is 12.7 Å².